The van der Waals surface area contributed by atoms with Crippen molar-refractivity contribution in [3.63, 3.8) is 0 Å². The van der Waals surface area contributed by atoms with E-state index >= 15 is 0 Å². The van der Waals surface area contributed by atoms with Crippen LogP contribution in [0.2, 0.25) is 0 Å². The minimum Gasteiger partial charge on any atom is -0.353 e. The smallest absolute Gasteiger partial charge is 0.345 e. The number of hydrogen-bond donors (Lipinski definition) is 1. The third-order valence-electron chi connectivity index (χ3n) is 1.14. The number of nitrogens with zero attached hydrogens (tertiary/aromatic N) is 2. The predicted molar refractivity (Wildman–Crippen MR) is 32.4 cm³/mol. The highest BCUT2D eigenvalue weighted by Crippen LogP contribution is 2.03. The Morgan fingerprint density at radius 3 is 3.30 bits per heavy atom. The molecule has 0 bridgehead atoms. The lowest BCUT2D eigenvalue weighted by Crippen LogP contribution is -2.07. The van der Waals surface area contributed by atoms with Crippen molar-refractivity contribution >= 4 is 11.1 Å². The number of nitrogens with one attached hydrogen (secondary N) is 1. The summed E-state index contributed by atoms with van der Waals surface area (Å²) in [5, 5.41) is 3.46. The molecule has 2 heterocycles. The molecule has 0 aliphatic heterocycles. The Labute approximate surface area is 54.7 Å². The maximum absolute atomic E-state index is 10.5. The van der Waals surface area contributed by atoms with E-state index in [1.807, 2.05) is 0 Å². The molecule has 10 heavy (non-hydrogen) atoms. The summed E-state index contributed by atoms with van der Waals surface area (Å²) in [6, 6.07) is 0. The zero-order chi connectivity index (χ0) is 6.97. The summed E-state index contributed by atoms with van der Waals surface area (Å²) in [6.45, 7) is 0. The van der Waals surface area contributed by atoms with Crippen molar-refractivity contribution in [1.82, 2.24) is 15.1 Å². The van der Waals surface area contributed by atoms with Crippen LogP contribution in [0.3, 0.4) is 0 Å². The topological polar surface area (TPSA) is 71.8 Å². The van der Waals surface area contributed by atoms with E-state index in [1.165, 1.54) is 12.4 Å². The van der Waals surface area contributed by atoms with Crippen LogP contribution in [0, 0.1) is 0 Å². The molecule has 0 saturated heterocycles. The van der Waals surface area contributed by atoms with E-state index in [0.717, 1.165) is 0 Å². The van der Waals surface area contributed by atoms with E-state index in [0.29, 0.717) is 11.1 Å². The van der Waals surface area contributed by atoms with Crippen molar-refractivity contribution in [1.29, 1.82) is 0 Å². The molecule has 0 atom stereocenters. The van der Waals surface area contributed by atoms with E-state index in [9.17, 15) is 4.79 Å². The third-order valence-corrected chi connectivity index (χ3v) is 1.14. The number of hydrogen-bond acceptors (Lipinski definition) is 4. The van der Waals surface area contributed by atoms with Crippen LogP contribution >= 0.6 is 0 Å². The van der Waals surface area contributed by atoms with Crippen molar-refractivity contribution in [2.75, 3.05) is 0 Å². The van der Waals surface area contributed by atoms with Gasteiger partial charge in [-0.15, -0.1) is 0 Å². The monoisotopic (exact) mass is 137 g/mol. The zero-order valence-corrected chi connectivity index (χ0v) is 4.87. The minimum atomic E-state index is -0.393. The fraction of sp³-hybridized carbons (Fsp3) is 0. The van der Waals surface area contributed by atoms with Gasteiger partial charge in [-0.3, -0.25) is 0 Å². The molecule has 0 unspecified atom stereocenters. The zero-order valence-electron chi connectivity index (χ0n) is 4.87. The molecule has 2 rings (SSSR count). The molecule has 2 aromatic rings. The summed E-state index contributed by atoms with van der Waals surface area (Å²) in [5.74, 6) is 0. The molecule has 0 aromatic carbocycles. The van der Waals surface area contributed by atoms with E-state index in [2.05, 4.69) is 15.1 Å². The molecule has 0 aliphatic rings. The number of H-pyrrole nitrogens is 1. The fourth-order valence-corrected chi connectivity index (χ4v) is 0.700. The lowest BCUT2D eigenvalue weighted by atomic mass is 10.5. The summed E-state index contributed by atoms with van der Waals surface area (Å²) in [6.07, 6.45) is 2.76. The first-order chi connectivity index (χ1) is 4.86. The van der Waals surface area contributed by atoms with Gasteiger partial charge in [-0.25, -0.2) is 4.79 Å². The highest BCUT2D eigenvalue weighted by Gasteiger charge is 1.96. The van der Waals surface area contributed by atoms with Crippen LogP contribution in [0.5, 0.6) is 0 Å². The van der Waals surface area contributed by atoms with Gasteiger partial charge in [0, 0.05) is 0 Å². The average molecular weight is 137 g/mol. The maximum Gasteiger partial charge on any atom is 0.345 e. The summed E-state index contributed by atoms with van der Waals surface area (Å²) in [4.78, 5) is 16.4. The van der Waals surface area contributed by atoms with Crippen molar-refractivity contribution in [3.8, 4) is 0 Å². The van der Waals surface area contributed by atoms with Crippen molar-refractivity contribution < 1.29 is 4.52 Å². The molecule has 0 spiro atoms. The third kappa shape index (κ3) is 0.604. The minimum absolute atomic E-state index is 0.393. The molecule has 5 nitrogen and oxygen atoms in total. The van der Waals surface area contributed by atoms with Crippen LogP contribution in [-0.2, 0) is 0 Å². The van der Waals surface area contributed by atoms with Crippen molar-refractivity contribution in [2.45, 2.75) is 0 Å². The molecule has 0 fully saturated rings. The van der Waals surface area contributed by atoms with Gasteiger partial charge in [-0.2, -0.15) is 4.98 Å². The van der Waals surface area contributed by atoms with Crippen LogP contribution in [-0.4, -0.2) is 15.1 Å². The molecular formula is C5H3N3O2. The maximum atomic E-state index is 10.5. The molecular weight excluding hydrogens is 134 g/mol. The van der Waals surface area contributed by atoms with Gasteiger partial charge in [0.15, 0.2) is 0 Å². The first-order valence-corrected chi connectivity index (χ1v) is 2.66. The average Bonchev–Trinajstić information content (AvgIpc) is 2.33. The van der Waals surface area contributed by atoms with E-state index < -0.39 is 5.69 Å². The van der Waals surface area contributed by atoms with Gasteiger partial charge in [0.25, 0.3) is 0 Å². The Kier molecular flexibility index (Phi) is 0.858. The molecule has 0 amide bonds. The Bertz CT molecular complexity index is 402. The molecule has 50 valence electrons. The van der Waals surface area contributed by atoms with Crippen molar-refractivity contribution in [3.05, 3.63) is 22.9 Å². The van der Waals surface area contributed by atoms with E-state index in [1.54, 1.807) is 0 Å². The Balaban J connectivity index is 2.99. The van der Waals surface area contributed by atoms with E-state index in [-0.39, 0.29) is 0 Å². The van der Waals surface area contributed by atoms with Crippen LogP contribution in [0.25, 0.3) is 11.1 Å². The first kappa shape index (κ1) is 5.16. The second kappa shape index (κ2) is 1.66. The van der Waals surface area contributed by atoms with Gasteiger partial charge in [0.05, 0.1) is 12.4 Å². The molecule has 0 radical (unpaired) electrons. The molecule has 0 aliphatic carbocycles. The van der Waals surface area contributed by atoms with E-state index in [4.69, 9.17) is 4.52 Å². The van der Waals surface area contributed by atoms with Crippen molar-refractivity contribution in [2.24, 2.45) is 0 Å². The first-order valence-electron chi connectivity index (χ1n) is 2.66. The predicted octanol–water partition coefficient (Wildman–Crippen LogP) is -0.0889. The highest BCUT2D eigenvalue weighted by atomic mass is 16.5. The lowest BCUT2D eigenvalue weighted by molar-refractivity contribution is 0.455. The summed E-state index contributed by atoms with van der Waals surface area (Å²) in [7, 11) is 0. The summed E-state index contributed by atoms with van der Waals surface area (Å²) >= 11 is 0. The number of aromatic nitrogens is 3. The number of fused-ring (bicyclic) bond motifs is 1. The fourth-order valence-electron chi connectivity index (χ4n) is 0.700. The van der Waals surface area contributed by atoms with Gasteiger partial charge in [0.2, 0.25) is 5.58 Å². The SMILES string of the molecule is O=c1ncc2oncc2[nH]1. The van der Waals surface area contributed by atoms with Crippen LogP contribution < -0.4 is 5.69 Å². The Hall–Kier alpha value is -1.65. The molecule has 0 saturated carbocycles. The highest BCUT2D eigenvalue weighted by molar-refractivity contribution is 5.68. The number of aromatic amines is 1. The van der Waals surface area contributed by atoms with Crippen LogP contribution in [0.4, 0.5) is 0 Å². The lowest BCUT2D eigenvalue weighted by Gasteiger charge is -1.80. The quantitative estimate of drug-likeness (QED) is 0.550. The van der Waals surface area contributed by atoms with Crippen LogP contribution in [0.1, 0.15) is 0 Å². The molecule has 1 N–H and O–H groups in total. The van der Waals surface area contributed by atoms with Gasteiger partial charge >= 0.3 is 5.69 Å². The largest absolute Gasteiger partial charge is 0.353 e. The number of rotatable bonds is 0. The van der Waals surface area contributed by atoms with Gasteiger partial charge in [-0.05, 0) is 0 Å². The normalized spacial score (nSPS) is 10.4. The Morgan fingerprint density at radius 2 is 2.40 bits per heavy atom. The second-order valence-electron chi connectivity index (χ2n) is 1.79. The molecule has 5 heteroatoms. The van der Waals surface area contributed by atoms with Gasteiger partial charge in [-0.1, -0.05) is 5.16 Å². The van der Waals surface area contributed by atoms with Crippen LogP contribution in [0.15, 0.2) is 21.7 Å². The second-order valence-corrected chi connectivity index (χ2v) is 1.79. The molecule has 2 aromatic heterocycles. The standard InChI is InChI=1S/C5H3N3O2/c9-5-6-2-4-3(8-5)1-7-10-4/h1-2H,(H,6,8,9). The summed E-state index contributed by atoms with van der Waals surface area (Å²) < 4.78 is 4.69. The Morgan fingerprint density at radius 1 is 1.50 bits per heavy atom. The van der Waals surface area contributed by atoms with Gasteiger partial charge in [0.1, 0.15) is 5.52 Å². The summed E-state index contributed by atoms with van der Waals surface area (Å²) in [5.41, 5.74) is 0.662. The van der Waals surface area contributed by atoms with Gasteiger partial charge < -0.3 is 9.51 Å².